The number of aliphatic imine (C=N–C) groups is 1. The number of nitrogens with one attached hydrogen (secondary N) is 1. The van der Waals surface area contributed by atoms with Crippen LogP contribution in [0.25, 0.3) is 6.08 Å². The van der Waals surface area contributed by atoms with E-state index in [1.165, 1.54) is 0 Å². The van der Waals surface area contributed by atoms with Crippen LogP contribution in [0.15, 0.2) is 39.2 Å². The number of rotatable bonds is 3. The van der Waals surface area contributed by atoms with Gasteiger partial charge in [0.25, 0.3) is 5.91 Å². The van der Waals surface area contributed by atoms with E-state index < -0.39 is 21.0 Å². The van der Waals surface area contributed by atoms with Crippen LogP contribution < -0.4 is 0 Å². The van der Waals surface area contributed by atoms with Crippen LogP contribution in [-0.4, -0.2) is 40.6 Å². The van der Waals surface area contributed by atoms with Crippen LogP contribution in [0, 0.1) is 5.41 Å². The summed E-state index contributed by atoms with van der Waals surface area (Å²) >= 11 is 0.795. The van der Waals surface area contributed by atoms with E-state index in [1.807, 2.05) is 31.2 Å². The SMILES string of the molecule is CCc1ccc(/C=C2/C(=N)N3C(=NC2=O)SN=C3S(=O)(=O)C(C)C)cc1. The van der Waals surface area contributed by atoms with Crippen LogP contribution in [0.5, 0.6) is 0 Å². The molecule has 0 spiro atoms. The molecule has 0 aromatic heterocycles. The zero-order valence-corrected chi connectivity index (χ0v) is 16.2. The molecule has 2 aliphatic heterocycles. The molecule has 26 heavy (non-hydrogen) atoms. The van der Waals surface area contributed by atoms with Crippen molar-refractivity contribution >= 4 is 49.9 Å². The van der Waals surface area contributed by atoms with Gasteiger partial charge in [-0.25, -0.2) is 13.3 Å². The van der Waals surface area contributed by atoms with Crippen molar-refractivity contribution in [3.05, 3.63) is 41.0 Å². The van der Waals surface area contributed by atoms with Gasteiger partial charge in [0.1, 0.15) is 5.84 Å². The molecule has 0 saturated heterocycles. The molecule has 0 saturated carbocycles. The third kappa shape index (κ3) is 3.12. The first-order valence-corrected chi connectivity index (χ1v) is 10.4. The molecule has 136 valence electrons. The second-order valence-electron chi connectivity index (χ2n) is 6.10. The average molecular weight is 390 g/mol. The van der Waals surface area contributed by atoms with Gasteiger partial charge in [0.2, 0.25) is 20.2 Å². The molecular formula is C17H18N4O3S2. The van der Waals surface area contributed by atoms with Gasteiger partial charge in [-0.15, -0.1) is 0 Å². The van der Waals surface area contributed by atoms with Gasteiger partial charge in [-0.05, 0) is 37.5 Å². The molecule has 1 aromatic carbocycles. The molecule has 1 amide bonds. The number of carbonyl (C=O) groups excluding carboxylic acids is 1. The van der Waals surface area contributed by atoms with Crippen molar-refractivity contribution in [2.75, 3.05) is 0 Å². The third-order valence-electron chi connectivity index (χ3n) is 4.07. The Labute approximate surface area is 156 Å². The molecular weight excluding hydrogens is 372 g/mol. The third-order valence-corrected chi connectivity index (χ3v) is 6.91. The maximum atomic E-state index is 12.5. The fraction of sp³-hybridized carbons (Fsp3) is 0.294. The number of amidine groups is 3. The maximum Gasteiger partial charge on any atom is 0.283 e. The van der Waals surface area contributed by atoms with Crippen molar-refractivity contribution in [1.29, 1.82) is 5.41 Å². The Kier molecular flexibility index (Phi) is 4.85. The highest BCUT2D eigenvalue weighted by Gasteiger charge is 2.43. The molecule has 9 heteroatoms. The van der Waals surface area contributed by atoms with E-state index in [1.54, 1.807) is 19.9 Å². The largest absolute Gasteiger partial charge is 0.283 e. The van der Waals surface area contributed by atoms with Gasteiger partial charge >= 0.3 is 0 Å². The fourth-order valence-electron chi connectivity index (χ4n) is 2.41. The number of nitrogens with zero attached hydrogens (tertiary/aromatic N) is 3. The summed E-state index contributed by atoms with van der Waals surface area (Å²) in [6, 6.07) is 7.59. The van der Waals surface area contributed by atoms with E-state index in [0.29, 0.717) is 0 Å². The molecule has 3 rings (SSSR count). The molecule has 0 aliphatic carbocycles. The highest BCUT2D eigenvalue weighted by atomic mass is 32.2. The number of fused-ring (bicyclic) bond motifs is 1. The lowest BCUT2D eigenvalue weighted by atomic mass is 10.1. The maximum absolute atomic E-state index is 12.5. The first kappa shape index (κ1) is 18.5. The molecule has 2 aliphatic rings. The van der Waals surface area contributed by atoms with E-state index in [9.17, 15) is 13.2 Å². The summed E-state index contributed by atoms with van der Waals surface area (Å²) in [6.07, 6.45) is 2.45. The van der Waals surface area contributed by atoms with E-state index >= 15 is 0 Å². The summed E-state index contributed by atoms with van der Waals surface area (Å²) < 4.78 is 29.0. The second-order valence-corrected chi connectivity index (χ2v) is 9.22. The van der Waals surface area contributed by atoms with Gasteiger partial charge in [0.15, 0.2) is 0 Å². The summed E-state index contributed by atoms with van der Waals surface area (Å²) in [6.45, 7) is 5.13. The van der Waals surface area contributed by atoms with E-state index in [0.717, 1.165) is 34.4 Å². The zero-order valence-electron chi connectivity index (χ0n) is 14.6. The number of benzene rings is 1. The lowest BCUT2D eigenvalue weighted by Gasteiger charge is -2.25. The number of amides is 1. The van der Waals surface area contributed by atoms with Gasteiger partial charge in [0.05, 0.1) is 22.8 Å². The van der Waals surface area contributed by atoms with Crippen molar-refractivity contribution in [2.45, 2.75) is 32.4 Å². The number of sulfone groups is 1. The van der Waals surface area contributed by atoms with Crippen molar-refractivity contribution in [3.8, 4) is 0 Å². The number of carbonyl (C=O) groups is 1. The van der Waals surface area contributed by atoms with Gasteiger partial charge in [-0.1, -0.05) is 31.2 Å². The minimum absolute atomic E-state index is 0.0344. The monoisotopic (exact) mass is 390 g/mol. The van der Waals surface area contributed by atoms with Crippen LogP contribution in [0.1, 0.15) is 31.9 Å². The number of hydrogen-bond acceptors (Lipinski definition) is 6. The molecule has 2 heterocycles. The quantitative estimate of drug-likeness (QED) is 0.631. The Bertz CT molecular complexity index is 974. The Balaban J connectivity index is 2.01. The van der Waals surface area contributed by atoms with E-state index in [-0.39, 0.29) is 21.7 Å². The van der Waals surface area contributed by atoms with E-state index in [4.69, 9.17) is 5.41 Å². The summed E-state index contributed by atoms with van der Waals surface area (Å²) in [7, 11) is -3.71. The smallest absolute Gasteiger partial charge is 0.283 e. The standard InChI is InChI=1S/C17H18N4O3S2/c1-4-11-5-7-12(8-6-11)9-13-14(18)21-16(19-15(13)22)25-20-17(21)26(23,24)10(2)3/h5-10,18H,4H2,1-3H3/b13-9-,18-14?. The summed E-state index contributed by atoms with van der Waals surface area (Å²) in [4.78, 5) is 17.4. The van der Waals surface area contributed by atoms with Crippen molar-refractivity contribution in [2.24, 2.45) is 9.39 Å². The van der Waals surface area contributed by atoms with Crippen LogP contribution >= 0.6 is 11.9 Å². The van der Waals surface area contributed by atoms with Crippen molar-refractivity contribution in [1.82, 2.24) is 4.90 Å². The minimum atomic E-state index is -3.71. The highest BCUT2D eigenvalue weighted by Crippen LogP contribution is 2.31. The lowest BCUT2D eigenvalue weighted by Crippen LogP contribution is -2.46. The average Bonchev–Trinajstić information content (AvgIpc) is 3.03. The number of aryl methyl sites for hydroxylation is 1. The highest BCUT2D eigenvalue weighted by molar-refractivity contribution is 8.16. The molecule has 0 atom stereocenters. The first-order chi connectivity index (χ1) is 12.3. The Hall–Kier alpha value is -2.26. The minimum Gasteiger partial charge on any atom is -0.283 e. The van der Waals surface area contributed by atoms with Gasteiger partial charge < -0.3 is 0 Å². The first-order valence-electron chi connectivity index (χ1n) is 8.07. The van der Waals surface area contributed by atoms with E-state index in [2.05, 4.69) is 9.39 Å². The zero-order chi connectivity index (χ0) is 19.1. The molecule has 0 unspecified atom stereocenters. The predicted octanol–water partition coefficient (Wildman–Crippen LogP) is 2.65. The van der Waals surface area contributed by atoms with Crippen molar-refractivity contribution in [3.63, 3.8) is 0 Å². The molecule has 7 nitrogen and oxygen atoms in total. The summed E-state index contributed by atoms with van der Waals surface area (Å²) in [5, 5.41) is 7.53. The fourth-order valence-corrected chi connectivity index (χ4v) is 4.47. The Morgan fingerprint density at radius 1 is 1.27 bits per heavy atom. The molecule has 0 radical (unpaired) electrons. The normalized spacial score (nSPS) is 19.1. The predicted molar refractivity (Wildman–Crippen MR) is 105 cm³/mol. The van der Waals surface area contributed by atoms with Gasteiger partial charge in [-0.3, -0.25) is 10.2 Å². The van der Waals surface area contributed by atoms with Gasteiger partial charge in [0, 0.05) is 0 Å². The lowest BCUT2D eigenvalue weighted by molar-refractivity contribution is -0.114. The Morgan fingerprint density at radius 3 is 2.50 bits per heavy atom. The van der Waals surface area contributed by atoms with Crippen LogP contribution in [0.3, 0.4) is 0 Å². The van der Waals surface area contributed by atoms with Crippen LogP contribution in [0.2, 0.25) is 0 Å². The van der Waals surface area contributed by atoms with Crippen LogP contribution in [-0.2, 0) is 21.1 Å². The molecule has 0 bridgehead atoms. The van der Waals surface area contributed by atoms with Gasteiger partial charge in [-0.2, -0.15) is 9.39 Å². The second kappa shape index (κ2) is 6.81. The molecule has 1 aromatic rings. The number of hydrogen-bond donors (Lipinski definition) is 1. The molecule has 1 N–H and O–H groups in total. The van der Waals surface area contributed by atoms with Crippen LogP contribution in [0.4, 0.5) is 0 Å². The Morgan fingerprint density at radius 2 is 1.92 bits per heavy atom. The summed E-state index contributed by atoms with van der Waals surface area (Å²) in [5.74, 6) is -0.806. The topological polar surface area (TPSA) is 103 Å². The summed E-state index contributed by atoms with van der Waals surface area (Å²) in [5.41, 5.74) is 1.93. The van der Waals surface area contributed by atoms with Crippen molar-refractivity contribution < 1.29 is 13.2 Å². The molecule has 0 fully saturated rings.